The topological polar surface area (TPSA) is 49.5 Å². The first kappa shape index (κ1) is 9.27. The second-order valence-electron chi connectivity index (χ2n) is 3.63. The van der Waals surface area contributed by atoms with Gasteiger partial charge in [-0.2, -0.15) is 0 Å². The largest absolute Gasteiger partial charge is 0.508 e. The van der Waals surface area contributed by atoms with E-state index < -0.39 is 0 Å². The number of rotatable bonds is 1. The van der Waals surface area contributed by atoms with Gasteiger partial charge in [0.2, 0.25) is 0 Å². The van der Waals surface area contributed by atoms with Crippen LogP contribution in [0.1, 0.15) is 6.42 Å². The van der Waals surface area contributed by atoms with Crippen LogP contribution in [-0.4, -0.2) is 24.2 Å². The Hall–Kier alpha value is -1.29. The van der Waals surface area contributed by atoms with E-state index in [-0.39, 0.29) is 17.6 Å². The van der Waals surface area contributed by atoms with E-state index in [0.29, 0.717) is 12.2 Å². The van der Waals surface area contributed by atoms with Crippen LogP contribution < -0.4 is 10.6 Å². The van der Waals surface area contributed by atoms with Crippen molar-refractivity contribution in [1.82, 2.24) is 0 Å². The molecule has 0 aliphatic carbocycles. The molecular formula is C10H13FN2O. The van der Waals surface area contributed by atoms with Crippen LogP contribution in [0.5, 0.6) is 5.75 Å². The Morgan fingerprint density at radius 3 is 2.86 bits per heavy atom. The molecule has 3 nitrogen and oxygen atoms in total. The fraction of sp³-hybridized carbons (Fsp3) is 0.400. The van der Waals surface area contributed by atoms with Gasteiger partial charge in [0, 0.05) is 25.2 Å². The summed E-state index contributed by atoms with van der Waals surface area (Å²) in [5.74, 6) is -0.436. The second-order valence-corrected chi connectivity index (χ2v) is 3.63. The number of hydrogen-bond acceptors (Lipinski definition) is 3. The molecule has 1 aromatic carbocycles. The summed E-state index contributed by atoms with van der Waals surface area (Å²) in [6.45, 7) is 1.46. The first-order chi connectivity index (χ1) is 6.66. The number of nitrogens with two attached hydrogens (primary N) is 1. The number of benzene rings is 1. The first-order valence-electron chi connectivity index (χ1n) is 4.66. The third-order valence-electron chi connectivity index (χ3n) is 2.50. The van der Waals surface area contributed by atoms with Crippen LogP contribution in [0.15, 0.2) is 18.2 Å². The number of phenolic OH excluding ortho intramolecular Hbond substituents is 1. The summed E-state index contributed by atoms with van der Waals surface area (Å²) in [6, 6.07) is 4.33. The predicted octanol–water partition coefficient (Wildman–Crippen LogP) is 1.07. The van der Waals surface area contributed by atoms with Gasteiger partial charge in [0.15, 0.2) is 0 Å². The van der Waals surface area contributed by atoms with Crippen molar-refractivity contribution in [2.75, 3.05) is 18.0 Å². The number of phenols is 1. The average molecular weight is 196 g/mol. The van der Waals surface area contributed by atoms with Gasteiger partial charge in [-0.3, -0.25) is 0 Å². The fourth-order valence-corrected chi connectivity index (χ4v) is 1.76. The van der Waals surface area contributed by atoms with Crippen molar-refractivity contribution in [3.8, 4) is 5.75 Å². The van der Waals surface area contributed by atoms with E-state index in [1.165, 1.54) is 6.07 Å². The van der Waals surface area contributed by atoms with Crippen LogP contribution in [0, 0.1) is 5.82 Å². The third-order valence-corrected chi connectivity index (χ3v) is 2.50. The van der Waals surface area contributed by atoms with Crippen LogP contribution in [0.4, 0.5) is 10.1 Å². The van der Waals surface area contributed by atoms with E-state index in [1.807, 2.05) is 4.90 Å². The highest BCUT2D eigenvalue weighted by molar-refractivity contribution is 5.51. The maximum atomic E-state index is 13.4. The molecule has 1 unspecified atom stereocenters. The van der Waals surface area contributed by atoms with E-state index in [9.17, 15) is 4.39 Å². The van der Waals surface area contributed by atoms with Crippen molar-refractivity contribution in [3.63, 3.8) is 0 Å². The molecule has 1 saturated heterocycles. The maximum absolute atomic E-state index is 13.4. The summed E-state index contributed by atoms with van der Waals surface area (Å²) in [5, 5.41) is 9.05. The minimum Gasteiger partial charge on any atom is -0.508 e. The minimum atomic E-state index is -0.390. The quantitative estimate of drug-likeness (QED) is 0.706. The molecule has 0 saturated carbocycles. The Labute approximate surface area is 81.9 Å². The summed E-state index contributed by atoms with van der Waals surface area (Å²) in [5.41, 5.74) is 6.25. The standard InChI is InChI=1S/C10H13FN2O/c11-9-5-8(14)1-2-10(9)13-4-3-7(12)6-13/h1-2,5,7,14H,3-4,6,12H2. The smallest absolute Gasteiger partial charge is 0.150 e. The molecule has 0 aromatic heterocycles. The zero-order chi connectivity index (χ0) is 10.1. The monoisotopic (exact) mass is 196 g/mol. The van der Waals surface area contributed by atoms with Gasteiger partial charge in [0.05, 0.1) is 5.69 Å². The third kappa shape index (κ3) is 1.65. The Morgan fingerprint density at radius 1 is 1.50 bits per heavy atom. The molecule has 0 spiro atoms. The number of halogens is 1. The summed E-state index contributed by atoms with van der Waals surface area (Å²) >= 11 is 0. The predicted molar refractivity (Wildman–Crippen MR) is 52.9 cm³/mol. The molecule has 1 aliphatic rings. The van der Waals surface area contributed by atoms with Crippen LogP contribution in [-0.2, 0) is 0 Å². The number of hydrogen-bond donors (Lipinski definition) is 2. The molecule has 1 fully saturated rings. The highest BCUT2D eigenvalue weighted by Gasteiger charge is 2.21. The first-order valence-corrected chi connectivity index (χ1v) is 4.66. The van der Waals surface area contributed by atoms with Crippen molar-refractivity contribution in [1.29, 1.82) is 0 Å². The Bertz CT molecular complexity index is 343. The summed E-state index contributed by atoms with van der Waals surface area (Å²) in [7, 11) is 0. The summed E-state index contributed by atoms with van der Waals surface area (Å²) in [4.78, 5) is 1.90. The Kier molecular flexibility index (Phi) is 2.29. The van der Waals surface area contributed by atoms with Gasteiger partial charge in [-0.15, -0.1) is 0 Å². The van der Waals surface area contributed by atoms with Gasteiger partial charge in [0.25, 0.3) is 0 Å². The molecule has 0 amide bonds. The average Bonchev–Trinajstić information content (AvgIpc) is 2.51. The van der Waals surface area contributed by atoms with E-state index >= 15 is 0 Å². The van der Waals surface area contributed by atoms with Gasteiger partial charge in [-0.25, -0.2) is 4.39 Å². The fourth-order valence-electron chi connectivity index (χ4n) is 1.76. The van der Waals surface area contributed by atoms with Gasteiger partial charge in [-0.1, -0.05) is 0 Å². The van der Waals surface area contributed by atoms with Crippen LogP contribution >= 0.6 is 0 Å². The lowest BCUT2D eigenvalue weighted by atomic mass is 10.2. The second kappa shape index (κ2) is 3.46. The van der Waals surface area contributed by atoms with Crippen LogP contribution in [0.25, 0.3) is 0 Å². The van der Waals surface area contributed by atoms with Crippen molar-refractivity contribution >= 4 is 5.69 Å². The van der Waals surface area contributed by atoms with E-state index in [0.717, 1.165) is 19.0 Å². The zero-order valence-corrected chi connectivity index (χ0v) is 7.78. The number of anilines is 1. The molecule has 0 bridgehead atoms. The molecule has 1 aliphatic heterocycles. The molecular weight excluding hydrogens is 183 g/mol. The zero-order valence-electron chi connectivity index (χ0n) is 7.78. The van der Waals surface area contributed by atoms with Crippen LogP contribution in [0.3, 0.4) is 0 Å². The minimum absolute atomic E-state index is 0.0465. The van der Waals surface area contributed by atoms with Gasteiger partial charge in [0.1, 0.15) is 11.6 Å². The molecule has 1 atom stereocenters. The number of nitrogens with zero attached hydrogens (tertiary/aromatic N) is 1. The summed E-state index contributed by atoms with van der Waals surface area (Å²) in [6.07, 6.45) is 0.889. The summed E-state index contributed by atoms with van der Waals surface area (Å²) < 4.78 is 13.4. The lowest BCUT2D eigenvalue weighted by molar-refractivity contribution is 0.469. The lowest BCUT2D eigenvalue weighted by Gasteiger charge is -2.18. The van der Waals surface area contributed by atoms with Gasteiger partial charge >= 0.3 is 0 Å². The molecule has 3 N–H and O–H groups in total. The van der Waals surface area contributed by atoms with Crippen molar-refractivity contribution in [2.24, 2.45) is 5.73 Å². The SMILES string of the molecule is NC1CCN(c2ccc(O)cc2F)C1. The molecule has 14 heavy (non-hydrogen) atoms. The normalized spacial score (nSPS) is 21.6. The van der Waals surface area contributed by atoms with Crippen molar-refractivity contribution < 1.29 is 9.50 Å². The number of aromatic hydroxyl groups is 1. The lowest BCUT2D eigenvalue weighted by Crippen LogP contribution is -2.26. The van der Waals surface area contributed by atoms with Gasteiger partial charge < -0.3 is 15.7 Å². The maximum Gasteiger partial charge on any atom is 0.150 e. The Balaban J connectivity index is 2.24. The molecule has 0 radical (unpaired) electrons. The molecule has 2 rings (SSSR count). The van der Waals surface area contributed by atoms with Crippen molar-refractivity contribution in [2.45, 2.75) is 12.5 Å². The molecule has 4 heteroatoms. The Morgan fingerprint density at radius 2 is 2.29 bits per heavy atom. The van der Waals surface area contributed by atoms with Crippen LogP contribution in [0.2, 0.25) is 0 Å². The van der Waals surface area contributed by atoms with Gasteiger partial charge in [-0.05, 0) is 18.6 Å². The molecule has 76 valence electrons. The molecule has 1 heterocycles. The van der Waals surface area contributed by atoms with Crippen molar-refractivity contribution in [3.05, 3.63) is 24.0 Å². The molecule has 1 aromatic rings. The van der Waals surface area contributed by atoms with E-state index in [2.05, 4.69) is 0 Å². The highest BCUT2D eigenvalue weighted by Crippen LogP contribution is 2.25. The highest BCUT2D eigenvalue weighted by atomic mass is 19.1. The van der Waals surface area contributed by atoms with E-state index in [1.54, 1.807) is 6.07 Å². The van der Waals surface area contributed by atoms with E-state index in [4.69, 9.17) is 10.8 Å².